The second kappa shape index (κ2) is 8.86. The Morgan fingerprint density at radius 3 is 2.59 bits per heavy atom. The Morgan fingerprint density at radius 2 is 1.93 bits per heavy atom. The van der Waals surface area contributed by atoms with Crippen molar-refractivity contribution < 1.29 is 22.7 Å². The number of alkyl halides is 3. The zero-order chi connectivity index (χ0) is 21.0. The number of amides is 1. The van der Waals surface area contributed by atoms with Gasteiger partial charge in [0.15, 0.2) is 0 Å². The lowest BCUT2D eigenvalue weighted by Gasteiger charge is -2.38. The highest BCUT2D eigenvalue weighted by Gasteiger charge is 2.44. The van der Waals surface area contributed by atoms with E-state index in [0.29, 0.717) is 30.0 Å². The molecule has 1 amide bonds. The summed E-state index contributed by atoms with van der Waals surface area (Å²) in [5.41, 5.74) is 2.11. The van der Waals surface area contributed by atoms with Crippen LogP contribution < -0.4 is 10.1 Å². The Bertz CT molecular complexity index is 840. The van der Waals surface area contributed by atoms with Crippen molar-refractivity contribution in [1.29, 1.82) is 0 Å². The third-order valence-electron chi connectivity index (χ3n) is 5.26. The number of carbonyl (C=O) groups excluding carboxylic acids is 1. The number of hydrogen-bond donors (Lipinski definition) is 1. The minimum absolute atomic E-state index is 0.0921. The summed E-state index contributed by atoms with van der Waals surface area (Å²) in [6, 6.07) is 13.5. The van der Waals surface area contributed by atoms with Crippen molar-refractivity contribution in [3.05, 3.63) is 59.7 Å². The third-order valence-corrected chi connectivity index (χ3v) is 5.26. The van der Waals surface area contributed by atoms with Crippen LogP contribution in [0.1, 0.15) is 30.0 Å². The van der Waals surface area contributed by atoms with Gasteiger partial charge in [0, 0.05) is 6.54 Å². The fourth-order valence-electron chi connectivity index (χ4n) is 3.79. The van der Waals surface area contributed by atoms with E-state index in [0.717, 1.165) is 5.56 Å². The molecule has 2 aromatic rings. The molecular formula is C22H25F3N2O2. The van der Waals surface area contributed by atoms with E-state index in [2.05, 4.69) is 5.32 Å². The molecule has 156 valence electrons. The van der Waals surface area contributed by atoms with E-state index in [1.54, 1.807) is 41.3 Å². The average molecular weight is 406 g/mol. The molecular weight excluding hydrogens is 381 g/mol. The molecule has 0 aliphatic carbocycles. The first kappa shape index (κ1) is 21.2. The summed E-state index contributed by atoms with van der Waals surface area (Å²) in [7, 11) is 1.51. The van der Waals surface area contributed by atoms with Gasteiger partial charge in [-0.15, -0.1) is 0 Å². The Labute approximate surface area is 168 Å². The molecule has 0 radical (unpaired) electrons. The van der Waals surface area contributed by atoms with Gasteiger partial charge in [-0.25, -0.2) is 0 Å². The third kappa shape index (κ3) is 5.09. The van der Waals surface area contributed by atoms with Crippen LogP contribution in [0.2, 0.25) is 0 Å². The van der Waals surface area contributed by atoms with E-state index in [4.69, 9.17) is 4.74 Å². The van der Waals surface area contributed by atoms with E-state index >= 15 is 0 Å². The summed E-state index contributed by atoms with van der Waals surface area (Å²) in [5.74, 6) is -1.30. The van der Waals surface area contributed by atoms with Crippen molar-refractivity contribution >= 4 is 11.6 Å². The summed E-state index contributed by atoms with van der Waals surface area (Å²) in [4.78, 5) is 14.9. The number of hydrogen-bond acceptors (Lipinski definition) is 3. The summed E-state index contributed by atoms with van der Waals surface area (Å²) < 4.78 is 45.3. The van der Waals surface area contributed by atoms with Crippen molar-refractivity contribution in [2.24, 2.45) is 5.92 Å². The SMILES string of the molecule is COc1ccc(C)cc1NC(=O)[C@@H](c1ccccc1)N1CCC[C@@H](C(F)(F)F)C1. The van der Waals surface area contributed by atoms with Crippen molar-refractivity contribution in [3.63, 3.8) is 0 Å². The summed E-state index contributed by atoms with van der Waals surface area (Å²) in [6.45, 7) is 2.13. The first-order valence-corrected chi connectivity index (χ1v) is 9.61. The fourth-order valence-corrected chi connectivity index (χ4v) is 3.79. The van der Waals surface area contributed by atoms with Gasteiger partial charge in [0.2, 0.25) is 5.91 Å². The molecule has 2 atom stereocenters. The van der Waals surface area contributed by atoms with Crippen molar-refractivity contribution in [2.45, 2.75) is 32.0 Å². The number of likely N-dealkylation sites (tertiary alicyclic amines) is 1. The van der Waals surface area contributed by atoms with Gasteiger partial charge >= 0.3 is 6.18 Å². The lowest BCUT2D eigenvalue weighted by molar-refractivity contribution is -0.189. The van der Waals surface area contributed by atoms with Gasteiger partial charge < -0.3 is 10.1 Å². The normalized spacial score (nSPS) is 18.9. The number of nitrogens with one attached hydrogen (secondary N) is 1. The highest BCUT2D eigenvalue weighted by Crippen LogP contribution is 2.37. The van der Waals surface area contributed by atoms with E-state index < -0.39 is 18.1 Å². The number of ether oxygens (including phenoxy) is 1. The molecule has 1 fully saturated rings. The maximum atomic E-state index is 13.3. The van der Waals surface area contributed by atoms with Crippen LogP contribution in [0.15, 0.2) is 48.5 Å². The first-order valence-electron chi connectivity index (χ1n) is 9.61. The fraction of sp³-hybridized carbons (Fsp3) is 0.409. The quantitative estimate of drug-likeness (QED) is 0.763. The minimum Gasteiger partial charge on any atom is -0.495 e. The molecule has 1 N–H and O–H groups in total. The molecule has 7 heteroatoms. The van der Waals surface area contributed by atoms with E-state index in [9.17, 15) is 18.0 Å². The van der Waals surface area contributed by atoms with E-state index in [-0.39, 0.29) is 18.9 Å². The number of anilines is 1. The molecule has 1 aliphatic heterocycles. The topological polar surface area (TPSA) is 41.6 Å². The molecule has 2 aromatic carbocycles. The average Bonchev–Trinajstić information content (AvgIpc) is 2.69. The monoisotopic (exact) mass is 406 g/mol. The summed E-state index contributed by atoms with van der Waals surface area (Å²) in [6.07, 6.45) is -3.78. The van der Waals surface area contributed by atoms with Crippen LogP contribution in [-0.4, -0.2) is 37.2 Å². The second-order valence-electron chi connectivity index (χ2n) is 7.38. The predicted octanol–water partition coefficient (Wildman–Crippen LogP) is 4.96. The predicted molar refractivity (Wildman–Crippen MR) is 106 cm³/mol. The number of benzene rings is 2. The Hall–Kier alpha value is -2.54. The number of aryl methyl sites for hydroxylation is 1. The van der Waals surface area contributed by atoms with Crippen molar-refractivity contribution in [1.82, 2.24) is 4.90 Å². The van der Waals surface area contributed by atoms with Gasteiger partial charge in [0.05, 0.1) is 18.7 Å². The van der Waals surface area contributed by atoms with Crippen LogP contribution in [0.25, 0.3) is 0 Å². The van der Waals surface area contributed by atoms with Crippen molar-refractivity contribution in [3.8, 4) is 5.75 Å². The van der Waals surface area contributed by atoms with Crippen LogP contribution in [0, 0.1) is 12.8 Å². The molecule has 1 saturated heterocycles. The standard InChI is InChI=1S/C22H25F3N2O2/c1-15-10-11-19(29-2)18(13-15)26-21(28)20(16-7-4-3-5-8-16)27-12-6-9-17(14-27)22(23,24)25/h3-5,7-8,10-11,13,17,20H,6,9,12,14H2,1-2H3,(H,26,28)/t17-,20-/m1/s1. The van der Waals surface area contributed by atoms with Crippen LogP contribution in [-0.2, 0) is 4.79 Å². The second-order valence-corrected chi connectivity index (χ2v) is 7.38. The largest absolute Gasteiger partial charge is 0.495 e. The summed E-state index contributed by atoms with van der Waals surface area (Å²) in [5, 5.41) is 2.86. The van der Waals surface area contributed by atoms with Crippen LogP contribution in [0.4, 0.5) is 18.9 Å². The maximum absolute atomic E-state index is 13.3. The molecule has 0 aromatic heterocycles. The number of carbonyl (C=O) groups is 1. The Balaban J connectivity index is 1.90. The molecule has 0 saturated carbocycles. The van der Waals surface area contributed by atoms with Gasteiger partial charge in [-0.3, -0.25) is 9.69 Å². The van der Waals surface area contributed by atoms with Crippen LogP contribution >= 0.6 is 0 Å². The van der Waals surface area contributed by atoms with Gasteiger partial charge in [-0.05, 0) is 49.6 Å². The smallest absolute Gasteiger partial charge is 0.393 e. The molecule has 3 rings (SSSR count). The number of methoxy groups -OCH3 is 1. The maximum Gasteiger partial charge on any atom is 0.393 e. The highest BCUT2D eigenvalue weighted by molar-refractivity contribution is 5.96. The van der Waals surface area contributed by atoms with Gasteiger partial charge in [0.1, 0.15) is 11.8 Å². The Kier molecular flexibility index (Phi) is 6.47. The first-order chi connectivity index (χ1) is 13.8. The number of rotatable bonds is 5. The van der Waals surface area contributed by atoms with Crippen LogP contribution in [0.5, 0.6) is 5.75 Å². The molecule has 4 nitrogen and oxygen atoms in total. The molecule has 29 heavy (non-hydrogen) atoms. The summed E-state index contributed by atoms with van der Waals surface area (Å²) >= 11 is 0. The van der Waals surface area contributed by atoms with Gasteiger partial charge in [0.25, 0.3) is 0 Å². The lowest BCUT2D eigenvalue weighted by atomic mass is 9.94. The van der Waals surface area contributed by atoms with Crippen molar-refractivity contribution in [2.75, 3.05) is 25.5 Å². The molecule has 0 unspecified atom stereocenters. The van der Waals surface area contributed by atoms with E-state index in [1.165, 1.54) is 7.11 Å². The van der Waals surface area contributed by atoms with Gasteiger partial charge in [-0.2, -0.15) is 13.2 Å². The number of halogens is 3. The molecule has 0 spiro atoms. The lowest BCUT2D eigenvalue weighted by Crippen LogP contribution is -2.46. The Morgan fingerprint density at radius 1 is 1.21 bits per heavy atom. The van der Waals surface area contributed by atoms with E-state index in [1.807, 2.05) is 19.1 Å². The zero-order valence-corrected chi connectivity index (χ0v) is 16.5. The molecule has 0 bridgehead atoms. The van der Waals surface area contributed by atoms with Crippen LogP contribution in [0.3, 0.4) is 0 Å². The highest BCUT2D eigenvalue weighted by atomic mass is 19.4. The number of nitrogens with zero attached hydrogens (tertiary/aromatic N) is 1. The molecule has 1 aliphatic rings. The zero-order valence-electron chi connectivity index (χ0n) is 16.5. The molecule has 1 heterocycles. The van der Waals surface area contributed by atoms with Gasteiger partial charge in [-0.1, -0.05) is 36.4 Å². The number of piperidine rings is 1. The minimum atomic E-state index is -4.27.